The van der Waals surface area contributed by atoms with Crippen molar-refractivity contribution < 1.29 is 0 Å². The summed E-state index contributed by atoms with van der Waals surface area (Å²) in [6.07, 6.45) is 0. The van der Waals surface area contributed by atoms with Gasteiger partial charge in [0.15, 0.2) is 5.13 Å². The van der Waals surface area contributed by atoms with Crippen LogP contribution in [-0.4, -0.2) is 19.1 Å². The molecule has 19 heavy (non-hydrogen) atoms. The van der Waals surface area contributed by atoms with Gasteiger partial charge < -0.3 is 10.2 Å². The molecule has 0 radical (unpaired) electrons. The summed E-state index contributed by atoms with van der Waals surface area (Å²) in [6, 6.07) is 6.86. The van der Waals surface area contributed by atoms with E-state index in [2.05, 4.69) is 61.6 Å². The average Bonchev–Trinajstić information content (AvgIpc) is 2.85. The number of hydrogen-bond acceptors (Lipinski definition) is 4. The molecule has 102 valence electrons. The van der Waals surface area contributed by atoms with Gasteiger partial charge in [-0.25, -0.2) is 4.98 Å². The molecule has 3 nitrogen and oxygen atoms in total. The van der Waals surface area contributed by atoms with E-state index in [4.69, 9.17) is 4.98 Å². The van der Waals surface area contributed by atoms with Crippen molar-refractivity contribution in [2.45, 2.75) is 26.8 Å². The van der Waals surface area contributed by atoms with Gasteiger partial charge in [-0.3, -0.25) is 0 Å². The first-order chi connectivity index (χ1) is 9.01. The van der Waals surface area contributed by atoms with E-state index >= 15 is 0 Å². The zero-order valence-electron chi connectivity index (χ0n) is 12.2. The van der Waals surface area contributed by atoms with Gasteiger partial charge in [0.25, 0.3) is 0 Å². The molecular weight excluding hydrogens is 254 g/mol. The number of thiazole rings is 1. The third-order valence-electron chi connectivity index (χ3n) is 3.27. The number of nitrogens with zero attached hydrogens (tertiary/aromatic N) is 2. The average molecular weight is 275 g/mol. The SMILES string of the molecule is CNC(C)c1csc(N(C)c2cc(C)cc(C)c2)n1. The first-order valence-corrected chi connectivity index (χ1v) is 7.34. The molecule has 1 heterocycles. The maximum atomic E-state index is 4.70. The van der Waals surface area contributed by atoms with Crippen molar-refractivity contribution in [1.82, 2.24) is 10.3 Å². The Morgan fingerprint density at radius 3 is 2.42 bits per heavy atom. The molecule has 4 heteroatoms. The molecule has 0 fully saturated rings. The minimum absolute atomic E-state index is 0.289. The molecule has 0 bridgehead atoms. The predicted octanol–water partition coefficient (Wildman–Crippen LogP) is 3.81. The zero-order chi connectivity index (χ0) is 14.0. The number of nitrogens with one attached hydrogen (secondary N) is 1. The molecule has 2 rings (SSSR count). The monoisotopic (exact) mass is 275 g/mol. The highest BCUT2D eigenvalue weighted by Gasteiger charge is 2.12. The first-order valence-electron chi connectivity index (χ1n) is 6.46. The van der Waals surface area contributed by atoms with Crippen molar-refractivity contribution in [2.24, 2.45) is 0 Å². The Morgan fingerprint density at radius 2 is 1.84 bits per heavy atom. The van der Waals surface area contributed by atoms with Crippen LogP contribution in [0.2, 0.25) is 0 Å². The fourth-order valence-corrected chi connectivity index (χ4v) is 2.94. The van der Waals surface area contributed by atoms with Crippen LogP contribution in [0.25, 0.3) is 0 Å². The number of hydrogen-bond donors (Lipinski definition) is 1. The van der Waals surface area contributed by atoms with Gasteiger partial charge in [-0.1, -0.05) is 6.07 Å². The second kappa shape index (κ2) is 5.72. The number of aryl methyl sites for hydroxylation is 2. The second-order valence-electron chi connectivity index (χ2n) is 4.97. The summed E-state index contributed by atoms with van der Waals surface area (Å²) in [5, 5.41) is 6.37. The lowest BCUT2D eigenvalue weighted by Gasteiger charge is -2.17. The summed E-state index contributed by atoms with van der Waals surface area (Å²) in [7, 11) is 4.03. The Balaban J connectivity index is 2.28. The maximum Gasteiger partial charge on any atom is 0.189 e. The van der Waals surface area contributed by atoms with Crippen LogP contribution in [0, 0.1) is 13.8 Å². The highest BCUT2D eigenvalue weighted by Crippen LogP contribution is 2.29. The molecule has 0 saturated heterocycles. The van der Waals surface area contributed by atoms with Crippen molar-refractivity contribution in [2.75, 3.05) is 19.0 Å². The normalized spacial score (nSPS) is 12.5. The lowest BCUT2D eigenvalue weighted by atomic mass is 10.1. The van der Waals surface area contributed by atoms with E-state index in [1.807, 2.05) is 7.05 Å². The minimum atomic E-state index is 0.289. The lowest BCUT2D eigenvalue weighted by molar-refractivity contribution is 0.637. The lowest BCUT2D eigenvalue weighted by Crippen LogP contribution is -2.14. The van der Waals surface area contributed by atoms with Gasteiger partial charge >= 0.3 is 0 Å². The molecule has 0 saturated carbocycles. The van der Waals surface area contributed by atoms with E-state index in [0.29, 0.717) is 0 Å². The quantitative estimate of drug-likeness (QED) is 0.919. The molecule has 0 aliphatic rings. The minimum Gasteiger partial charge on any atom is -0.321 e. The van der Waals surface area contributed by atoms with E-state index < -0.39 is 0 Å². The van der Waals surface area contributed by atoms with Crippen molar-refractivity contribution in [3.63, 3.8) is 0 Å². The Morgan fingerprint density at radius 1 is 1.21 bits per heavy atom. The standard InChI is InChI=1S/C15H21N3S/c1-10-6-11(2)8-13(7-10)18(5)15-17-14(9-19-15)12(3)16-4/h6-9,12,16H,1-5H3. The molecule has 2 aromatic rings. The van der Waals surface area contributed by atoms with Crippen LogP contribution in [0.1, 0.15) is 29.8 Å². The molecule has 1 unspecified atom stereocenters. The third-order valence-corrected chi connectivity index (χ3v) is 4.20. The van der Waals surface area contributed by atoms with E-state index in [9.17, 15) is 0 Å². The van der Waals surface area contributed by atoms with Crippen LogP contribution >= 0.6 is 11.3 Å². The highest BCUT2D eigenvalue weighted by atomic mass is 32.1. The van der Waals surface area contributed by atoms with Gasteiger partial charge in [-0.2, -0.15) is 0 Å². The number of anilines is 2. The van der Waals surface area contributed by atoms with Gasteiger partial charge in [-0.05, 0) is 51.1 Å². The largest absolute Gasteiger partial charge is 0.321 e. The van der Waals surface area contributed by atoms with E-state index in [1.54, 1.807) is 11.3 Å². The maximum absolute atomic E-state index is 4.70. The Hall–Kier alpha value is -1.39. The molecule has 1 aromatic carbocycles. The number of benzene rings is 1. The van der Waals surface area contributed by atoms with Crippen molar-refractivity contribution >= 4 is 22.2 Å². The van der Waals surface area contributed by atoms with Gasteiger partial charge in [0.2, 0.25) is 0 Å². The Bertz CT molecular complexity index is 542. The molecular formula is C15H21N3S. The fraction of sp³-hybridized carbons (Fsp3) is 0.400. The molecule has 0 amide bonds. The first kappa shape index (κ1) is 14.0. The molecule has 1 N–H and O–H groups in total. The van der Waals surface area contributed by atoms with Crippen molar-refractivity contribution in [3.05, 3.63) is 40.4 Å². The molecule has 0 spiro atoms. The summed E-state index contributed by atoms with van der Waals surface area (Å²) < 4.78 is 0. The van der Waals surface area contributed by atoms with Crippen LogP contribution in [0.3, 0.4) is 0 Å². The fourth-order valence-electron chi connectivity index (χ4n) is 2.03. The second-order valence-corrected chi connectivity index (χ2v) is 5.81. The van der Waals surface area contributed by atoms with Crippen LogP contribution in [-0.2, 0) is 0 Å². The number of aromatic nitrogens is 1. The van der Waals surface area contributed by atoms with Crippen LogP contribution in [0.4, 0.5) is 10.8 Å². The third kappa shape index (κ3) is 3.14. The molecule has 1 atom stereocenters. The topological polar surface area (TPSA) is 28.2 Å². The van der Waals surface area contributed by atoms with E-state index in [0.717, 1.165) is 10.8 Å². The van der Waals surface area contributed by atoms with Crippen LogP contribution < -0.4 is 10.2 Å². The summed E-state index contributed by atoms with van der Waals surface area (Å²) in [5.74, 6) is 0. The van der Waals surface area contributed by atoms with Crippen LogP contribution in [0.5, 0.6) is 0 Å². The number of rotatable bonds is 4. The van der Waals surface area contributed by atoms with Gasteiger partial charge in [0.1, 0.15) is 0 Å². The van der Waals surface area contributed by atoms with E-state index in [-0.39, 0.29) is 6.04 Å². The summed E-state index contributed by atoms with van der Waals surface area (Å²) in [4.78, 5) is 6.85. The summed E-state index contributed by atoms with van der Waals surface area (Å²) in [6.45, 7) is 6.37. The van der Waals surface area contributed by atoms with Crippen LogP contribution in [0.15, 0.2) is 23.6 Å². The molecule has 0 aliphatic carbocycles. The summed E-state index contributed by atoms with van der Waals surface area (Å²) >= 11 is 1.68. The van der Waals surface area contributed by atoms with Crippen molar-refractivity contribution in [1.29, 1.82) is 0 Å². The zero-order valence-corrected chi connectivity index (χ0v) is 13.0. The Kier molecular flexibility index (Phi) is 4.22. The molecule has 1 aromatic heterocycles. The van der Waals surface area contributed by atoms with Gasteiger partial charge in [0.05, 0.1) is 5.69 Å². The smallest absolute Gasteiger partial charge is 0.189 e. The molecule has 0 aliphatic heterocycles. The Labute approximate surface area is 119 Å². The predicted molar refractivity (Wildman–Crippen MR) is 83.6 cm³/mol. The van der Waals surface area contributed by atoms with Gasteiger partial charge in [0, 0.05) is 24.2 Å². The van der Waals surface area contributed by atoms with E-state index in [1.165, 1.54) is 16.8 Å². The summed E-state index contributed by atoms with van der Waals surface area (Å²) in [5.41, 5.74) is 4.85. The highest BCUT2D eigenvalue weighted by molar-refractivity contribution is 7.13. The van der Waals surface area contributed by atoms with Gasteiger partial charge in [-0.15, -0.1) is 11.3 Å². The van der Waals surface area contributed by atoms with Crippen molar-refractivity contribution in [3.8, 4) is 0 Å².